The van der Waals surface area contributed by atoms with Gasteiger partial charge in [-0.15, -0.1) is 0 Å². The average Bonchev–Trinajstić information content (AvgIpc) is 2.78. The lowest BCUT2D eigenvalue weighted by molar-refractivity contribution is 0.0281. The third kappa shape index (κ3) is 6.25. The fourth-order valence-electron chi connectivity index (χ4n) is 3.72. The molecule has 0 aliphatic carbocycles. The van der Waals surface area contributed by atoms with Crippen LogP contribution in [0.3, 0.4) is 0 Å². The molecule has 1 aliphatic heterocycles. The molecule has 3 atom stereocenters. The number of nitrogens with zero attached hydrogens (tertiary/aromatic N) is 1. The Morgan fingerprint density at radius 2 is 1.94 bits per heavy atom. The van der Waals surface area contributed by atoms with E-state index in [0.717, 1.165) is 12.1 Å². The predicted molar refractivity (Wildman–Crippen MR) is 128 cm³/mol. The van der Waals surface area contributed by atoms with Crippen LogP contribution in [0, 0.1) is 12.8 Å². The van der Waals surface area contributed by atoms with E-state index in [4.69, 9.17) is 9.47 Å². The minimum Gasteiger partial charge on any atom is -0.491 e. The maximum atomic E-state index is 13.3. The summed E-state index contributed by atoms with van der Waals surface area (Å²) in [5, 5.41) is 3.44. The van der Waals surface area contributed by atoms with Crippen molar-refractivity contribution < 1.29 is 22.7 Å². The maximum absolute atomic E-state index is 13.3. The van der Waals surface area contributed by atoms with E-state index in [1.165, 1.54) is 12.1 Å². The van der Waals surface area contributed by atoms with E-state index in [9.17, 15) is 13.2 Å². The molecule has 2 aromatic carbocycles. The normalized spacial score (nSPS) is 22.5. The Morgan fingerprint density at radius 3 is 2.64 bits per heavy atom. The van der Waals surface area contributed by atoms with Gasteiger partial charge in [-0.3, -0.25) is 9.52 Å². The number of benzene rings is 2. The molecule has 1 aliphatic rings. The van der Waals surface area contributed by atoms with Crippen LogP contribution in [0.1, 0.15) is 29.8 Å². The topological polar surface area (TPSA) is 97.0 Å². The number of methoxy groups -OCH3 is 1. The highest BCUT2D eigenvalue weighted by Crippen LogP contribution is 2.27. The highest BCUT2D eigenvalue weighted by molar-refractivity contribution is 7.92. The molecule has 0 saturated heterocycles. The first-order valence-electron chi connectivity index (χ1n) is 11.0. The highest BCUT2D eigenvalue weighted by Gasteiger charge is 2.26. The van der Waals surface area contributed by atoms with Gasteiger partial charge < -0.3 is 19.7 Å². The van der Waals surface area contributed by atoms with Crippen molar-refractivity contribution in [1.82, 2.24) is 10.2 Å². The number of hydrogen-bond donors (Lipinski definition) is 2. The van der Waals surface area contributed by atoms with Crippen LogP contribution in [0.2, 0.25) is 0 Å². The molecule has 0 bridgehead atoms. The molecule has 0 saturated carbocycles. The van der Waals surface area contributed by atoms with Gasteiger partial charge in [0.2, 0.25) is 0 Å². The van der Waals surface area contributed by atoms with Crippen molar-refractivity contribution in [2.45, 2.75) is 37.8 Å². The number of hydrogen-bond acceptors (Lipinski definition) is 6. The Kier molecular flexibility index (Phi) is 7.99. The van der Waals surface area contributed by atoms with Crippen LogP contribution in [0.25, 0.3) is 0 Å². The van der Waals surface area contributed by atoms with Crippen molar-refractivity contribution in [3.05, 3.63) is 53.6 Å². The van der Waals surface area contributed by atoms with Gasteiger partial charge in [-0.2, -0.15) is 0 Å². The number of likely N-dealkylation sites (N-methyl/N-ethyl adjacent to an activating group) is 1. The molecule has 2 aromatic rings. The molecule has 0 spiro atoms. The van der Waals surface area contributed by atoms with Gasteiger partial charge in [0.1, 0.15) is 12.4 Å². The Hall–Kier alpha value is -2.62. The standard InChI is InChI=1S/C24H33N3O5S/c1-16-7-6-8-20(11-16)33(29,30)26-19-9-10-22-21(12-19)24(28)27(4)14-23(31-5)17(2)13-25-18(3)15-32-22/h6-12,17-18,23,25-26H,13-15H2,1-5H3/t17-,18+,23-/m1/s1. The molecule has 0 fully saturated rings. The van der Waals surface area contributed by atoms with Gasteiger partial charge in [-0.05, 0) is 55.7 Å². The molecule has 1 amide bonds. The molecule has 9 heteroatoms. The number of nitrogens with one attached hydrogen (secondary N) is 2. The fraction of sp³-hybridized carbons (Fsp3) is 0.458. The number of rotatable bonds is 4. The van der Waals surface area contributed by atoms with Gasteiger partial charge in [0.25, 0.3) is 15.9 Å². The van der Waals surface area contributed by atoms with Crippen molar-refractivity contribution in [3.8, 4) is 5.75 Å². The largest absolute Gasteiger partial charge is 0.491 e. The summed E-state index contributed by atoms with van der Waals surface area (Å²) >= 11 is 0. The lowest BCUT2D eigenvalue weighted by atomic mass is 10.0. The molecule has 0 radical (unpaired) electrons. The first-order valence-corrected chi connectivity index (χ1v) is 12.5. The highest BCUT2D eigenvalue weighted by atomic mass is 32.2. The molecule has 2 N–H and O–H groups in total. The lowest BCUT2D eigenvalue weighted by Crippen LogP contribution is -2.44. The van der Waals surface area contributed by atoms with Crippen LogP contribution in [0.15, 0.2) is 47.4 Å². The van der Waals surface area contributed by atoms with Crippen LogP contribution in [-0.2, 0) is 14.8 Å². The van der Waals surface area contributed by atoms with Gasteiger partial charge >= 0.3 is 0 Å². The van der Waals surface area contributed by atoms with Crippen molar-refractivity contribution in [1.29, 1.82) is 0 Å². The van der Waals surface area contributed by atoms with Gasteiger partial charge in [-0.25, -0.2) is 8.42 Å². The number of carbonyl (C=O) groups excluding carboxylic acids is 1. The summed E-state index contributed by atoms with van der Waals surface area (Å²) in [6, 6.07) is 11.5. The third-order valence-electron chi connectivity index (χ3n) is 5.78. The Bertz CT molecular complexity index is 1090. The summed E-state index contributed by atoms with van der Waals surface area (Å²) in [5.41, 5.74) is 1.41. The number of anilines is 1. The number of carbonyl (C=O) groups is 1. The van der Waals surface area contributed by atoms with E-state index in [0.29, 0.717) is 18.9 Å². The van der Waals surface area contributed by atoms with Gasteiger partial charge in [-0.1, -0.05) is 19.1 Å². The molecule has 180 valence electrons. The van der Waals surface area contributed by atoms with Gasteiger partial charge in [0.05, 0.1) is 16.6 Å². The van der Waals surface area contributed by atoms with Crippen LogP contribution < -0.4 is 14.8 Å². The van der Waals surface area contributed by atoms with Crippen molar-refractivity contribution >= 4 is 21.6 Å². The Labute approximate surface area is 196 Å². The molecule has 0 unspecified atom stereocenters. The molecule has 33 heavy (non-hydrogen) atoms. The molecule has 0 aromatic heterocycles. The maximum Gasteiger partial charge on any atom is 0.261 e. The zero-order valence-corrected chi connectivity index (χ0v) is 20.6. The van der Waals surface area contributed by atoms with Gasteiger partial charge in [0.15, 0.2) is 0 Å². The zero-order chi connectivity index (χ0) is 24.2. The second-order valence-corrected chi connectivity index (χ2v) is 10.4. The van der Waals surface area contributed by atoms with Crippen molar-refractivity contribution in [3.63, 3.8) is 0 Å². The minimum absolute atomic E-state index is 0.0598. The summed E-state index contributed by atoms with van der Waals surface area (Å²) in [6.45, 7) is 7.41. The number of aryl methyl sites for hydroxylation is 1. The Morgan fingerprint density at radius 1 is 1.18 bits per heavy atom. The van der Waals surface area contributed by atoms with E-state index < -0.39 is 10.0 Å². The van der Waals surface area contributed by atoms with E-state index >= 15 is 0 Å². The molecule has 8 nitrogen and oxygen atoms in total. The van der Waals surface area contributed by atoms with E-state index in [1.54, 1.807) is 43.3 Å². The van der Waals surface area contributed by atoms with E-state index in [-0.39, 0.29) is 40.1 Å². The van der Waals surface area contributed by atoms with E-state index in [2.05, 4.69) is 17.0 Å². The monoisotopic (exact) mass is 475 g/mol. The summed E-state index contributed by atoms with van der Waals surface area (Å²) in [5.74, 6) is 0.317. The first kappa shape index (κ1) is 25.0. The lowest BCUT2D eigenvalue weighted by Gasteiger charge is -2.30. The summed E-state index contributed by atoms with van der Waals surface area (Å²) in [6.07, 6.45) is -0.148. The number of fused-ring (bicyclic) bond motifs is 1. The fourth-order valence-corrected chi connectivity index (χ4v) is 4.87. The van der Waals surface area contributed by atoms with Crippen LogP contribution >= 0.6 is 0 Å². The average molecular weight is 476 g/mol. The first-order chi connectivity index (χ1) is 15.6. The second kappa shape index (κ2) is 10.5. The number of sulfonamides is 1. The molecule has 3 rings (SSSR count). The van der Waals surface area contributed by atoms with Crippen molar-refractivity contribution in [2.24, 2.45) is 5.92 Å². The number of ether oxygens (including phenoxy) is 2. The zero-order valence-electron chi connectivity index (χ0n) is 19.8. The van der Waals surface area contributed by atoms with E-state index in [1.807, 2.05) is 19.9 Å². The van der Waals surface area contributed by atoms with Crippen molar-refractivity contribution in [2.75, 3.05) is 38.6 Å². The molecule has 1 heterocycles. The number of amides is 1. The minimum atomic E-state index is -3.81. The van der Waals surface area contributed by atoms with Crippen LogP contribution in [-0.4, -0.2) is 65.2 Å². The third-order valence-corrected chi connectivity index (χ3v) is 7.16. The summed E-state index contributed by atoms with van der Waals surface area (Å²) in [4.78, 5) is 15.1. The smallest absolute Gasteiger partial charge is 0.261 e. The quantitative estimate of drug-likeness (QED) is 0.706. The second-order valence-electron chi connectivity index (χ2n) is 8.69. The molecular weight excluding hydrogens is 442 g/mol. The Balaban J connectivity index is 1.94. The predicted octanol–water partition coefficient (Wildman–Crippen LogP) is 2.89. The van der Waals surface area contributed by atoms with Crippen LogP contribution in [0.5, 0.6) is 5.75 Å². The summed E-state index contributed by atoms with van der Waals surface area (Å²) in [7, 11) is -0.460. The van der Waals surface area contributed by atoms with Gasteiger partial charge in [0, 0.05) is 39.0 Å². The summed E-state index contributed by atoms with van der Waals surface area (Å²) < 4.78 is 39.9. The molecular formula is C24H33N3O5S. The SMILES string of the molecule is CO[C@@H]1CN(C)C(=O)c2cc(NS(=O)(=O)c3cccc(C)c3)ccc2OC[C@H](C)NC[C@H]1C. The van der Waals surface area contributed by atoms with Crippen LogP contribution in [0.4, 0.5) is 5.69 Å².